The Morgan fingerprint density at radius 1 is 1.20 bits per heavy atom. The lowest BCUT2D eigenvalue weighted by atomic mass is 10.2. The van der Waals surface area contributed by atoms with E-state index in [2.05, 4.69) is 11.1 Å². The van der Waals surface area contributed by atoms with Crippen molar-refractivity contribution in [3.8, 4) is 11.8 Å². The van der Waals surface area contributed by atoms with Gasteiger partial charge >= 0.3 is 0 Å². The molecule has 0 atom stereocenters. The molecule has 4 heteroatoms. The van der Waals surface area contributed by atoms with E-state index in [1.54, 1.807) is 6.07 Å². The third-order valence-electron chi connectivity index (χ3n) is 3.29. The number of aryl methyl sites for hydroxylation is 1. The summed E-state index contributed by atoms with van der Waals surface area (Å²) in [6.45, 7) is 2.05. The van der Waals surface area contributed by atoms with Crippen molar-refractivity contribution in [2.24, 2.45) is 0 Å². The first kappa shape index (κ1) is 12.7. The number of imidazole rings is 1. The summed E-state index contributed by atoms with van der Waals surface area (Å²) >= 11 is 6.01. The van der Waals surface area contributed by atoms with Crippen LogP contribution in [0.1, 0.15) is 17.0 Å². The Kier molecular flexibility index (Phi) is 3.17. The van der Waals surface area contributed by atoms with E-state index in [0.717, 1.165) is 17.0 Å². The average molecular weight is 282 g/mol. The molecule has 0 aliphatic carbocycles. The molecule has 0 fully saturated rings. The molecule has 98 valence electrons. The van der Waals surface area contributed by atoms with Crippen LogP contribution in [0.5, 0.6) is 0 Å². The maximum atomic E-state index is 9.18. The predicted octanol–water partition coefficient (Wildman–Crippen LogP) is 3.94. The van der Waals surface area contributed by atoms with E-state index in [1.807, 2.05) is 47.9 Å². The van der Waals surface area contributed by atoms with Gasteiger partial charge in [0.05, 0.1) is 17.0 Å². The highest BCUT2D eigenvalue weighted by atomic mass is 35.5. The monoisotopic (exact) mass is 281 g/mol. The number of benzene rings is 2. The molecule has 0 unspecified atom stereocenters. The van der Waals surface area contributed by atoms with Crippen LogP contribution in [-0.4, -0.2) is 9.55 Å². The molecule has 2 aromatic carbocycles. The van der Waals surface area contributed by atoms with E-state index in [1.165, 1.54) is 5.56 Å². The van der Waals surface area contributed by atoms with E-state index < -0.39 is 0 Å². The van der Waals surface area contributed by atoms with Crippen molar-refractivity contribution in [1.29, 1.82) is 5.26 Å². The molecular formula is C16H12ClN3. The normalized spacial score (nSPS) is 10.7. The van der Waals surface area contributed by atoms with Gasteiger partial charge in [0.1, 0.15) is 17.4 Å². The molecule has 0 amide bonds. The summed E-state index contributed by atoms with van der Waals surface area (Å²) in [6, 6.07) is 15.9. The zero-order chi connectivity index (χ0) is 14.1. The third-order valence-corrected chi connectivity index (χ3v) is 3.53. The number of halogens is 1. The van der Waals surface area contributed by atoms with Crippen LogP contribution in [-0.2, 0) is 5.88 Å². The number of para-hydroxylation sites is 1. The predicted molar refractivity (Wildman–Crippen MR) is 80.1 cm³/mol. The number of aromatic nitrogens is 2. The van der Waals surface area contributed by atoms with E-state index >= 15 is 0 Å². The topological polar surface area (TPSA) is 41.6 Å². The molecule has 0 aliphatic rings. The second-order valence-corrected chi connectivity index (χ2v) is 4.88. The second kappa shape index (κ2) is 4.99. The minimum absolute atomic E-state index is 0.299. The second-order valence-electron chi connectivity index (χ2n) is 4.62. The van der Waals surface area contributed by atoms with E-state index in [0.29, 0.717) is 17.0 Å². The van der Waals surface area contributed by atoms with Crippen LogP contribution in [0.15, 0.2) is 42.5 Å². The van der Waals surface area contributed by atoms with Crippen molar-refractivity contribution in [2.75, 3.05) is 0 Å². The molecule has 0 spiro atoms. The van der Waals surface area contributed by atoms with Gasteiger partial charge in [-0.15, -0.1) is 11.6 Å². The van der Waals surface area contributed by atoms with Crippen molar-refractivity contribution in [3.63, 3.8) is 0 Å². The van der Waals surface area contributed by atoms with Crippen LogP contribution in [0, 0.1) is 18.3 Å². The molecule has 0 saturated heterocycles. The first-order valence-corrected chi connectivity index (χ1v) is 6.81. The summed E-state index contributed by atoms with van der Waals surface area (Å²) in [5.41, 5.74) is 4.38. The molecule has 1 heterocycles. The molecule has 3 rings (SSSR count). The molecule has 0 bridgehead atoms. The van der Waals surface area contributed by atoms with Gasteiger partial charge in [-0.3, -0.25) is 4.57 Å². The van der Waals surface area contributed by atoms with Crippen LogP contribution in [0.25, 0.3) is 16.7 Å². The van der Waals surface area contributed by atoms with Crippen LogP contribution in [0.3, 0.4) is 0 Å². The fourth-order valence-corrected chi connectivity index (χ4v) is 2.49. The minimum atomic E-state index is 0.299. The molecular weight excluding hydrogens is 270 g/mol. The van der Waals surface area contributed by atoms with Crippen molar-refractivity contribution < 1.29 is 0 Å². The van der Waals surface area contributed by atoms with Crippen LogP contribution in [0.4, 0.5) is 0 Å². The lowest BCUT2D eigenvalue weighted by Gasteiger charge is -2.08. The highest BCUT2D eigenvalue weighted by molar-refractivity contribution is 6.17. The summed E-state index contributed by atoms with van der Waals surface area (Å²) < 4.78 is 2.00. The summed E-state index contributed by atoms with van der Waals surface area (Å²) in [7, 11) is 0. The van der Waals surface area contributed by atoms with Crippen LogP contribution in [0.2, 0.25) is 0 Å². The third kappa shape index (κ3) is 1.95. The summed E-state index contributed by atoms with van der Waals surface area (Å²) in [4.78, 5) is 4.51. The molecule has 1 aromatic heterocycles. The maximum absolute atomic E-state index is 9.18. The molecule has 3 aromatic rings. The van der Waals surface area contributed by atoms with E-state index in [4.69, 9.17) is 11.6 Å². The lowest BCUT2D eigenvalue weighted by molar-refractivity contribution is 0.981. The van der Waals surface area contributed by atoms with Gasteiger partial charge in [0, 0.05) is 5.69 Å². The van der Waals surface area contributed by atoms with Crippen molar-refractivity contribution in [2.45, 2.75) is 12.8 Å². The fourth-order valence-electron chi connectivity index (χ4n) is 2.31. The van der Waals surface area contributed by atoms with Gasteiger partial charge in [-0.25, -0.2) is 4.98 Å². The number of alkyl halides is 1. The summed E-state index contributed by atoms with van der Waals surface area (Å²) in [5, 5.41) is 9.18. The molecule has 3 nitrogen and oxygen atoms in total. The molecule has 0 radical (unpaired) electrons. The van der Waals surface area contributed by atoms with E-state index in [-0.39, 0.29) is 0 Å². The molecule has 0 aliphatic heterocycles. The van der Waals surface area contributed by atoms with Crippen LogP contribution < -0.4 is 0 Å². The van der Waals surface area contributed by atoms with Crippen LogP contribution >= 0.6 is 11.6 Å². The van der Waals surface area contributed by atoms with Gasteiger partial charge in [-0.2, -0.15) is 5.26 Å². The van der Waals surface area contributed by atoms with E-state index in [9.17, 15) is 5.26 Å². The number of fused-ring (bicyclic) bond motifs is 1. The fraction of sp³-hybridized carbons (Fsp3) is 0.125. The van der Waals surface area contributed by atoms with Gasteiger partial charge in [0.2, 0.25) is 0 Å². The number of hydrogen-bond acceptors (Lipinski definition) is 2. The first-order valence-electron chi connectivity index (χ1n) is 6.28. The molecule has 0 saturated carbocycles. The standard InChI is InChI=1S/C16H12ClN3/c1-11-5-7-13(8-6-11)20-14-4-2-3-12(10-18)16(14)19-15(20)9-17/h2-8H,9H2,1H3. The van der Waals surface area contributed by atoms with Gasteiger partial charge in [-0.1, -0.05) is 23.8 Å². The number of hydrogen-bond donors (Lipinski definition) is 0. The quantitative estimate of drug-likeness (QED) is 0.668. The van der Waals surface area contributed by atoms with Crippen molar-refractivity contribution in [1.82, 2.24) is 9.55 Å². The Hall–Kier alpha value is -2.31. The average Bonchev–Trinajstić information content (AvgIpc) is 2.86. The number of nitrogens with zero attached hydrogens (tertiary/aromatic N) is 3. The van der Waals surface area contributed by atoms with Gasteiger partial charge in [0.15, 0.2) is 0 Å². The van der Waals surface area contributed by atoms with Crippen molar-refractivity contribution >= 4 is 22.6 Å². The molecule has 20 heavy (non-hydrogen) atoms. The SMILES string of the molecule is Cc1ccc(-n2c(CCl)nc3c(C#N)cccc32)cc1. The highest BCUT2D eigenvalue weighted by Gasteiger charge is 2.14. The number of rotatable bonds is 2. The Morgan fingerprint density at radius 3 is 2.60 bits per heavy atom. The van der Waals surface area contributed by atoms with Gasteiger partial charge in [-0.05, 0) is 31.2 Å². The maximum Gasteiger partial charge on any atom is 0.129 e. The number of nitriles is 1. The van der Waals surface area contributed by atoms with Gasteiger partial charge in [0.25, 0.3) is 0 Å². The Labute approximate surface area is 122 Å². The summed E-state index contributed by atoms with van der Waals surface area (Å²) in [6.07, 6.45) is 0. The highest BCUT2D eigenvalue weighted by Crippen LogP contribution is 2.25. The van der Waals surface area contributed by atoms with Gasteiger partial charge < -0.3 is 0 Å². The Balaban J connectivity index is 2.34. The first-order chi connectivity index (χ1) is 9.74. The zero-order valence-electron chi connectivity index (χ0n) is 11.0. The Morgan fingerprint density at radius 2 is 1.95 bits per heavy atom. The summed E-state index contributed by atoms with van der Waals surface area (Å²) in [5.74, 6) is 1.04. The largest absolute Gasteiger partial charge is 0.295 e. The molecule has 0 N–H and O–H groups in total. The minimum Gasteiger partial charge on any atom is -0.295 e. The zero-order valence-corrected chi connectivity index (χ0v) is 11.7. The lowest BCUT2D eigenvalue weighted by Crippen LogP contribution is -1.99. The Bertz CT molecular complexity index is 810. The smallest absolute Gasteiger partial charge is 0.129 e. The van der Waals surface area contributed by atoms with Crippen molar-refractivity contribution in [3.05, 3.63) is 59.4 Å².